The third-order valence-corrected chi connectivity index (χ3v) is 6.62. The van der Waals surface area contributed by atoms with Gasteiger partial charge in [0.25, 0.3) is 0 Å². The van der Waals surface area contributed by atoms with E-state index in [2.05, 4.69) is 0 Å². The summed E-state index contributed by atoms with van der Waals surface area (Å²) >= 11 is 0.991. The molecule has 0 bridgehead atoms. The van der Waals surface area contributed by atoms with Gasteiger partial charge in [0.1, 0.15) is 11.5 Å². The molecule has 26 heavy (non-hydrogen) atoms. The monoisotopic (exact) mass is 387 g/mol. The fraction of sp³-hybridized carbons (Fsp3) is 0. The van der Waals surface area contributed by atoms with Crippen LogP contribution in [0.5, 0.6) is 11.5 Å². The van der Waals surface area contributed by atoms with Crippen molar-refractivity contribution in [3.8, 4) is 11.5 Å². The molecule has 134 valence electrons. The van der Waals surface area contributed by atoms with Crippen LogP contribution in [0.2, 0.25) is 0 Å². The van der Waals surface area contributed by atoms with Crippen LogP contribution in [0, 0.1) is 0 Å². The van der Waals surface area contributed by atoms with Crippen molar-refractivity contribution in [2.75, 3.05) is 17.2 Å². The molecule has 3 aromatic carbocycles. The predicted octanol–water partition coefficient (Wildman–Crippen LogP) is 4.79. The molecule has 3 rings (SSSR count). The molecular formula is C18H18N3O3PS. The number of rotatable bonds is 6. The molecule has 0 radical (unpaired) electrons. The molecule has 8 heteroatoms. The summed E-state index contributed by atoms with van der Waals surface area (Å²) in [6.07, 6.45) is 0. The van der Waals surface area contributed by atoms with Crippen LogP contribution in [0.25, 0.3) is 0 Å². The zero-order chi connectivity index (χ0) is 18.6. The largest absolute Gasteiger partial charge is 0.497 e. The molecule has 0 aliphatic rings. The Hall–Kier alpha value is -2.76. The van der Waals surface area contributed by atoms with Gasteiger partial charge in [-0.2, -0.15) is 0 Å². The molecular weight excluding hydrogens is 369 g/mol. The lowest BCUT2D eigenvalue weighted by atomic mass is 10.3. The number of benzene rings is 3. The minimum atomic E-state index is -3.64. The van der Waals surface area contributed by atoms with E-state index in [1.54, 1.807) is 72.8 Å². The Morgan fingerprint density at radius 1 is 0.615 bits per heavy atom. The summed E-state index contributed by atoms with van der Waals surface area (Å²) in [5.41, 5.74) is 18.8. The zero-order valence-electron chi connectivity index (χ0n) is 13.7. The summed E-state index contributed by atoms with van der Waals surface area (Å²) in [4.78, 5) is 0.702. The van der Waals surface area contributed by atoms with Gasteiger partial charge in [0.2, 0.25) is 0 Å². The summed E-state index contributed by atoms with van der Waals surface area (Å²) in [7, 11) is 0. The highest BCUT2D eigenvalue weighted by molar-refractivity contribution is 8.55. The van der Waals surface area contributed by atoms with Crippen molar-refractivity contribution in [2.24, 2.45) is 0 Å². The number of hydrogen-bond acceptors (Lipinski definition) is 7. The van der Waals surface area contributed by atoms with E-state index in [4.69, 9.17) is 26.2 Å². The van der Waals surface area contributed by atoms with Crippen LogP contribution >= 0.6 is 18.2 Å². The first-order chi connectivity index (χ1) is 12.4. The first kappa shape index (κ1) is 18.0. The van der Waals surface area contributed by atoms with Crippen molar-refractivity contribution in [3.05, 3.63) is 72.8 Å². The molecule has 0 amide bonds. The van der Waals surface area contributed by atoms with E-state index in [0.29, 0.717) is 33.5 Å². The molecule has 0 heterocycles. The Balaban J connectivity index is 1.88. The summed E-state index contributed by atoms with van der Waals surface area (Å²) in [5.74, 6) is 0.779. The van der Waals surface area contributed by atoms with Crippen LogP contribution in [0.1, 0.15) is 0 Å². The van der Waals surface area contributed by atoms with Crippen molar-refractivity contribution in [1.29, 1.82) is 0 Å². The zero-order valence-corrected chi connectivity index (χ0v) is 15.5. The van der Waals surface area contributed by atoms with Gasteiger partial charge in [-0.1, -0.05) is 0 Å². The van der Waals surface area contributed by atoms with Crippen molar-refractivity contribution in [2.45, 2.75) is 4.90 Å². The molecule has 0 aromatic heterocycles. The molecule has 0 unspecified atom stereocenters. The normalized spacial score (nSPS) is 11.1. The molecule has 0 fully saturated rings. The van der Waals surface area contributed by atoms with Crippen molar-refractivity contribution in [1.82, 2.24) is 0 Å². The Bertz CT molecular complexity index is 793. The number of nitrogens with two attached hydrogens (primary N) is 3. The van der Waals surface area contributed by atoms with E-state index in [9.17, 15) is 4.57 Å². The maximum Gasteiger partial charge on any atom is 0.497 e. The van der Waals surface area contributed by atoms with Crippen LogP contribution in [0.15, 0.2) is 77.7 Å². The standard InChI is InChI=1S/C18H18N3O3PS/c19-13-1-7-16(8-2-13)23-25(22,24-17-9-3-14(20)4-10-17)26-18-11-5-15(21)6-12-18/h1-12H,19-21H2. The van der Waals surface area contributed by atoms with Gasteiger partial charge in [-0.15, -0.1) is 0 Å². The molecule has 0 aliphatic heterocycles. The predicted molar refractivity (Wildman–Crippen MR) is 107 cm³/mol. The summed E-state index contributed by atoms with van der Waals surface area (Å²) < 4.78 is 24.8. The van der Waals surface area contributed by atoms with Crippen LogP contribution in [0.4, 0.5) is 17.1 Å². The van der Waals surface area contributed by atoms with E-state index in [1.165, 1.54) is 0 Å². The lowest BCUT2D eigenvalue weighted by Gasteiger charge is -2.19. The molecule has 3 aromatic rings. The van der Waals surface area contributed by atoms with Gasteiger partial charge in [0.15, 0.2) is 0 Å². The maximum atomic E-state index is 13.4. The fourth-order valence-corrected chi connectivity index (χ4v) is 5.30. The molecule has 6 nitrogen and oxygen atoms in total. The minimum absolute atomic E-state index is 0.390. The Morgan fingerprint density at radius 2 is 0.962 bits per heavy atom. The summed E-state index contributed by atoms with van der Waals surface area (Å²) in [6.45, 7) is -3.64. The van der Waals surface area contributed by atoms with Crippen LogP contribution in [0.3, 0.4) is 0 Å². The molecule has 0 atom stereocenters. The number of nitrogen functional groups attached to an aromatic ring is 3. The van der Waals surface area contributed by atoms with Gasteiger partial charge in [0.05, 0.1) is 0 Å². The van der Waals surface area contributed by atoms with Crippen molar-refractivity contribution >= 4 is 35.2 Å². The molecule has 0 saturated carbocycles. The fourth-order valence-electron chi connectivity index (χ4n) is 2.03. The molecule has 0 aliphatic carbocycles. The second kappa shape index (κ2) is 7.64. The highest BCUT2D eigenvalue weighted by atomic mass is 32.7. The third-order valence-electron chi connectivity index (χ3n) is 3.29. The lowest BCUT2D eigenvalue weighted by molar-refractivity contribution is 0.408. The first-order valence-corrected chi connectivity index (χ1v) is 10.6. The van der Waals surface area contributed by atoms with Crippen LogP contribution in [-0.4, -0.2) is 0 Å². The second-order valence-corrected chi connectivity index (χ2v) is 9.23. The quantitative estimate of drug-likeness (QED) is 0.411. The summed E-state index contributed by atoms with van der Waals surface area (Å²) in [5, 5.41) is 0. The van der Waals surface area contributed by atoms with E-state index in [-0.39, 0.29) is 0 Å². The number of anilines is 3. The third kappa shape index (κ3) is 4.88. The minimum Gasteiger partial charge on any atom is -0.408 e. The van der Waals surface area contributed by atoms with Gasteiger partial charge in [-0.25, -0.2) is 4.57 Å². The molecule has 0 saturated heterocycles. The van der Waals surface area contributed by atoms with E-state index < -0.39 is 6.80 Å². The average molecular weight is 387 g/mol. The maximum absolute atomic E-state index is 13.4. The first-order valence-electron chi connectivity index (χ1n) is 7.67. The van der Waals surface area contributed by atoms with Crippen molar-refractivity contribution in [3.63, 3.8) is 0 Å². The van der Waals surface area contributed by atoms with Gasteiger partial charge in [-0.05, 0) is 72.8 Å². The van der Waals surface area contributed by atoms with Crippen LogP contribution < -0.4 is 26.2 Å². The van der Waals surface area contributed by atoms with Crippen LogP contribution in [-0.2, 0) is 4.57 Å². The second-order valence-electron chi connectivity index (χ2n) is 5.43. The van der Waals surface area contributed by atoms with Crippen molar-refractivity contribution < 1.29 is 13.6 Å². The molecule has 0 spiro atoms. The Morgan fingerprint density at radius 3 is 1.35 bits per heavy atom. The Labute approximate surface area is 155 Å². The van der Waals surface area contributed by atoms with Gasteiger partial charge in [0, 0.05) is 33.3 Å². The van der Waals surface area contributed by atoms with Gasteiger partial charge in [-0.3, -0.25) is 0 Å². The van der Waals surface area contributed by atoms with Gasteiger partial charge < -0.3 is 26.2 Å². The van der Waals surface area contributed by atoms with E-state index in [1.807, 2.05) is 0 Å². The van der Waals surface area contributed by atoms with Gasteiger partial charge >= 0.3 is 6.80 Å². The SMILES string of the molecule is Nc1ccc(OP(=O)(Oc2ccc(N)cc2)Sc2ccc(N)cc2)cc1. The molecule has 6 N–H and O–H groups in total. The highest BCUT2D eigenvalue weighted by Crippen LogP contribution is 2.62. The summed E-state index contributed by atoms with van der Waals surface area (Å²) in [6, 6.07) is 20.2. The van der Waals surface area contributed by atoms with E-state index >= 15 is 0 Å². The topological polar surface area (TPSA) is 114 Å². The smallest absolute Gasteiger partial charge is 0.408 e. The highest BCUT2D eigenvalue weighted by Gasteiger charge is 2.30. The number of hydrogen-bond donors (Lipinski definition) is 3. The average Bonchev–Trinajstić information content (AvgIpc) is 2.61. The van der Waals surface area contributed by atoms with E-state index in [0.717, 1.165) is 11.4 Å². The lowest BCUT2D eigenvalue weighted by Crippen LogP contribution is -1.99. The Kier molecular flexibility index (Phi) is 5.30.